The van der Waals surface area contributed by atoms with Crippen LogP contribution in [0, 0.1) is 0 Å². The molecule has 2 aromatic heterocycles. The summed E-state index contributed by atoms with van der Waals surface area (Å²) in [6.07, 6.45) is 9.59. The van der Waals surface area contributed by atoms with Crippen LogP contribution >= 0.6 is 0 Å². The minimum Gasteiger partial charge on any atom is -0.379 e. The predicted molar refractivity (Wildman–Crippen MR) is 101 cm³/mol. The molecule has 2 aliphatic rings. The van der Waals surface area contributed by atoms with Gasteiger partial charge in [-0.15, -0.1) is 0 Å². The first-order valence-electron chi connectivity index (χ1n) is 9.65. The quantitative estimate of drug-likeness (QED) is 0.822. The summed E-state index contributed by atoms with van der Waals surface area (Å²) in [5.74, 6) is 0.692. The number of rotatable bonds is 5. The van der Waals surface area contributed by atoms with E-state index in [9.17, 15) is 0 Å². The Labute approximate surface area is 155 Å². The molecule has 0 amide bonds. The number of hydrogen-bond acceptors (Lipinski definition) is 6. The molecular formula is C20H27N5O. The van der Waals surface area contributed by atoms with Crippen molar-refractivity contribution in [3.8, 4) is 11.5 Å². The highest BCUT2D eigenvalue weighted by molar-refractivity contribution is 5.47. The Balaban J connectivity index is 1.39. The summed E-state index contributed by atoms with van der Waals surface area (Å²) in [6.45, 7) is 7.11. The second-order valence-electron chi connectivity index (χ2n) is 7.16. The van der Waals surface area contributed by atoms with Gasteiger partial charge >= 0.3 is 0 Å². The molecule has 4 heterocycles. The fourth-order valence-electron chi connectivity index (χ4n) is 3.85. The van der Waals surface area contributed by atoms with E-state index in [-0.39, 0.29) is 0 Å². The molecule has 0 radical (unpaired) electrons. The zero-order valence-electron chi connectivity index (χ0n) is 15.3. The molecule has 0 N–H and O–H groups in total. The van der Waals surface area contributed by atoms with Gasteiger partial charge in [-0.1, -0.05) is 12.5 Å². The van der Waals surface area contributed by atoms with Crippen LogP contribution in [0.5, 0.6) is 0 Å². The lowest BCUT2D eigenvalue weighted by atomic mass is 10.0. The van der Waals surface area contributed by atoms with Gasteiger partial charge in [0.05, 0.1) is 13.2 Å². The maximum Gasteiger partial charge on any atom is 0.178 e. The summed E-state index contributed by atoms with van der Waals surface area (Å²) in [4.78, 5) is 18.5. The third kappa shape index (κ3) is 4.44. The molecule has 1 unspecified atom stereocenters. The summed E-state index contributed by atoms with van der Waals surface area (Å²) in [5.41, 5.74) is 2.00. The van der Waals surface area contributed by atoms with Gasteiger partial charge in [0, 0.05) is 56.4 Å². The van der Waals surface area contributed by atoms with Crippen LogP contribution < -0.4 is 0 Å². The van der Waals surface area contributed by atoms with Crippen molar-refractivity contribution in [2.24, 2.45) is 0 Å². The summed E-state index contributed by atoms with van der Waals surface area (Å²) in [5, 5.41) is 0. The molecule has 0 aliphatic carbocycles. The van der Waals surface area contributed by atoms with Crippen molar-refractivity contribution in [1.82, 2.24) is 24.8 Å². The lowest BCUT2D eigenvalue weighted by Gasteiger charge is -2.39. The number of likely N-dealkylation sites (tertiary alicyclic amines) is 1. The lowest BCUT2D eigenvalue weighted by molar-refractivity contribution is 0.0153. The van der Waals surface area contributed by atoms with Gasteiger partial charge in [0.15, 0.2) is 5.82 Å². The van der Waals surface area contributed by atoms with Crippen LogP contribution in [-0.4, -0.2) is 70.2 Å². The van der Waals surface area contributed by atoms with Crippen molar-refractivity contribution in [3.05, 3.63) is 42.4 Å². The van der Waals surface area contributed by atoms with E-state index >= 15 is 0 Å². The van der Waals surface area contributed by atoms with E-state index in [4.69, 9.17) is 4.74 Å². The molecule has 0 saturated carbocycles. The largest absolute Gasteiger partial charge is 0.379 e. The Morgan fingerprint density at radius 3 is 2.62 bits per heavy atom. The molecule has 6 heteroatoms. The smallest absolute Gasteiger partial charge is 0.178 e. The van der Waals surface area contributed by atoms with E-state index in [1.54, 1.807) is 6.20 Å². The standard InChI is InChI=1S/C20H27N5O/c1-3-7-21-19(6-1)20-22-13-17(14-23-20)15-25-8-4-2-5-18(25)16-24-9-11-26-12-10-24/h1,3,6-7,13-14,18H,2,4-5,8-12,15-16H2. The monoisotopic (exact) mass is 353 g/mol. The van der Waals surface area contributed by atoms with Crippen molar-refractivity contribution in [1.29, 1.82) is 0 Å². The summed E-state index contributed by atoms with van der Waals surface area (Å²) in [7, 11) is 0. The molecule has 0 aromatic carbocycles. The van der Waals surface area contributed by atoms with Gasteiger partial charge in [-0.2, -0.15) is 0 Å². The minimum atomic E-state index is 0.623. The Morgan fingerprint density at radius 1 is 1.00 bits per heavy atom. The van der Waals surface area contributed by atoms with Crippen LogP contribution in [0.3, 0.4) is 0 Å². The molecule has 0 bridgehead atoms. The first kappa shape index (κ1) is 17.5. The van der Waals surface area contributed by atoms with Gasteiger partial charge in [0.25, 0.3) is 0 Å². The van der Waals surface area contributed by atoms with Crippen molar-refractivity contribution < 1.29 is 4.74 Å². The van der Waals surface area contributed by atoms with Crippen LogP contribution in [0.4, 0.5) is 0 Å². The van der Waals surface area contributed by atoms with E-state index in [0.29, 0.717) is 11.9 Å². The van der Waals surface area contributed by atoms with Crippen LogP contribution in [0.2, 0.25) is 0 Å². The fraction of sp³-hybridized carbons (Fsp3) is 0.550. The Bertz CT molecular complexity index is 672. The number of aromatic nitrogens is 3. The van der Waals surface area contributed by atoms with Crippen LogP contribution in [-0.2, 0) is 11.3 Å². The van der Waals surface area contributed by atoms with Crippen molar-refractivity contribution in [2.45, 2.75) is 31.8 Å². The zero-order chi connectivity index (χ0) is 17.6. The minimum absolute atomic E-state index is 0.623. The number of hydrogen-bond donors (Lipinski definition) is 0. The highest BCUT2D eigenvalue weighted by atomic mass is 16.5. The van der Waals surface area contributed by atoms with Gasteiger partial charge in [-0.25, -0.2) is 9.97 Å². The van der Waals surface area contributed by atoms with E-state index in [0.717, 1.165) is 51.6 Å². The molecule has 2 saturated heterocycles. The van der Waals surface area contributed by atoms with Crippen LogP contribution in [0.15, 0.2) is 36.8 Å². The topological polar surface area (TPSA) is 54.4 Å². The SMILES string of the molecule is c1ccc(-c2ncc(CN3CCCCC3CN3CCOCC3)cn2)nc1. The van der Waals surface area contributed by atoms with Gasteiger partial charge < -0.3 is 4.74 Å². The second-order valence-corrected chi connectivity index (χ2v) is 7.16. The van der Waals surface area contributed by atoms with E-state index in [2.05, 4.69) is 24.8 Å². The maximum atomic E-state index is 5.48. The molecular weight excluding hydrogens is 326 g/mol. The van der Waals surface area contributed by atoms with Crippen LogP contribution in [0.25, 0.3) is 11.5 Å². The van der Waals surface area contributed by atoms with E-state index < -0.39 is 0 Å². The molecule has 0 spiro atoms. The van der Waals surface area contributed by atoms with Gasteiger partial charge in [-0.3, -0.25) is 14.8 Å². The van der Waals surface area contributed by atoms with Crippen molar-refractivity contribution in [3.63, 3.8) is 0 Å². The Hall–Kier alpha value is -1.89. The third-order valence-corrected chi connectivity index (χ3v) is 5.31. The molecule has 2 aliphatic heterocycles. The average molecular weight is 353 g/mol. The number of piperidine rings is 1. The first-order chi connectivity index (χ1) is 12.9. The summed E-state index contributed by atoms with van der Waals surface area (Å²) < 4.78 is 5.48. The average Bonchev–Trinajstić information content (AvgIpc) is 2.72. The lowest BCUT2D eigenvalue weighted by Crippen LogP contribution is -2.49. The van der Waals surface area contributed by atoms with Crippen molar-refractivity contribution >= 4 is 0 Å². The molecule has 138 valence electrons. The number of nitrogens with zero attached hydrogens (tertiary/aromatic N) is 5. The number of morpholine rings is 1. The molecule has 1 atom stereocenters. The highest BCUT2D eigenvalue weighted by Crippen LogP contribution is 2.21. The third-order valence-electron chi connectivity index (χ3n) is 5.31. The molecule has 26 heavy (non-hydrogen) atoms. The van der Waals surface area contributed by atoms with Gasteiger partial charge in [0.2, 0.25) is 0 Å². The number of pyridine rings is 1. The molecule has 4 rings (SSSR count). The van der Waals surface area contributed by atoms with Crippen molar-refractivity contribution in [2.75, 3.05) is 39.4 Å². The van der Waals surface area contributed by atoms with Gasteiger partial charge in [-0.05, 0) is 31.5 Å². The first-order valence-corrected chi connectivity index (χ1v) is 9.65. The Kier molecular flexibility index (Phi) is 5.84. The molecule has 2 aromatic rings. The van der Waals surface area contributed by atoms with E-state index in [1.807, 2.05) is 30.6 Å². The number of ether oxygens (including phenoxy) is 1. The second kappa shape index (κ2) is 8.66. The zero-order valence-corrected chi connectivity index (χ0v) is 15.3. The fourth-order valence-corrected chi connectivity index (χ4v) is 3.85. The highest BCUT2D eigenvalue weighted by Gasteiger charge is 2.25. The summed E-state index contributed by atoms with van der Waals surface area (Å²) >= 11 is 0. The molecule has 6 nitrogen and oxygen atoms in total. The van der Waals surface area contributed by atoms with Gasteiger partial charge in [0.1, 0.15) is 5.69 Å². The predicted octanol–water partition coefficient (Wildman–Crippen LogP) is 2.23. The molecule has 2 fully saturated rings. The normalized spacial score (nSPS) is 22.4. The van der Waals surface area contributed by atoms with E-state index in [1.165, 1.54) is 24.8 Å². The van der Waals surface area contributed by atoms with Crippen LogP contribution in [0.1, 0.15) is 24.8 Å². The Morgan fingerprint density at radius 2 is 1.85 bits per heavy atom. The maximum absolute atomic E-state index is 5.48. The summed E-state index contributed by atoms with van der Waals surface area (Å²) in [6, 6.07) is 6.43.